The second-order valence-electron chi connectivity index (χ2n) is 4.26. The van der Waals surface area contributed by atoms with Gasteiger partial charge in [0.25, 0.3) is 0 Å². The van der Waals surface area contributed by atoms with Gasteiger partial charge < -0.3 is 10.2 Å². The van der Waals surface area contributed by atoms with E-state index in [2.05, 4.69) is 22.3 Å². The summed E-state index contributed by atoms with van der Waals surface area (Å²) in [6, 6.07) is 10.2. The summed E-state index contributed by atoms with van der Waals surface area (Å²) in [4.78, 5) is 2.22. The van der Waals surface area contributed by atoms with Gasteiger partial charge in [-0.25, -0.2) is 0 Å². The molecule has 3 N–H and O–H groups in total. The average Bonchev–Trinajstić information content (AvgIpc) is 2.42. The Labute approximate surface area is 95.5 Å². The summed E-state index contributed by atoms with van der Waals surface area (Å²) >= 11 is 0. The fourth-order valence-corrected chi connectivity index (χ4v) is 1.93. The number of benzene rings is 1. The molecule has 1 aromatic carbocycles. The van der Waals surface area contributed by atoms with Crippen molar-refractivity contribution in [2.24, 2.45) is 0 Å². The van der Waals surface area contributed by atoms with Crippen molar-refractivity contribution in [3.63, 3.8) is 0 Å². The zero-order valence-electron chi connectivity index (χ0n) is 9.26. The van der Waals surface area contributed by atoms with Crippen molar-refractivity contribution < 1.29 is 10.2 Å². The minimum atomic E-state index is -1.70. The van der Waals surface area contributed by atoms with Crippen molar-refractivity contribution in [3.8, 4) is 0 Å². The van der Waals surface area contributed by atoms with Crippen LogP contribution in [-0.4, -0.2) is 40.7 Å². The Kier molecular flexibility index (Phi) is 3.56. The van der Waals surface area contributed by atoms with Crippen LogP contribution in [0.25, 0.3) is 0 Å². The molecule has 4 nitrogen and oxygen atoms in total. The third-order valence-corrected chi connectivity index (χ3v) is 2.86. The lowest BCUT2D eigenvalue weighted by atomic mass is 10.2. The molecule has 0 amide bonds. The van der Waals surface area contributed by atoms with E-state index in [9.17, 15) is 10.2 Å². The molecule has 0 spiro atoms. The van der Waals surface area contributed by atoms with E-state index in [0.717, 1.165) is 13.1 Å². The van der Waals surface area contributed by atoms with Gasteiger partial charge in [0.1, 0.15) is 0 Å². The molecular weight excluding hydrogens is 204 g/mol. The zero-order valence-corrected chi connectivity index (χ0v) is 9.26. The number of hydrogen-bond acceptors (Lipinski definition) is 4. The van der Waals surface area contributed by atoms with Crippen LogP contribution in [0.3, 0.4) is 0 Å². The van der Waals surface area contributed by atoms with E-state index < -0.39 is 5.91 Å². The van der Waals surface area contributed by atoms with Gasteiger partial charge in [-0.2, -0.15) is 0 Å². The molecule has 1 aliphatic rings. The lowest BCUT2D eigenvalue weighted by Gasteiger charge is -2.21. The molecule has 0 atom stereocenters. The Morgan fingerprint density at radius 1 is 1.19 bits per heavy atom. The predicted octanol–water partition coefficient (Wildman–Crippen LogP) is 0.120. The Morgan fingerprint density at radius 2 is 1.94 bits per heavy atom. The van der Waals surface area contributed by atoms with Crippen molar-refractivity contribution in [1.29, 1.82) is 0 Å². The van der Waals surface area contributed by atoms with Gasteiger partial charge in [-0.15, -0.1) is 0 Å². The number of nitrogens with one attached hydrogen (secondary N) is 1. The summed E-state index contributed by atoms with van der Waals surface area (Å²) in [6.45, 7) is 2.98. The first kappa shape index (κ1) is 11.5. The fraction of sp³-hybridized carbons (Fsp3) is 0.500. The van der Waals surface area contributed by atoms with E-state index in [-0.39, 0.29) is 0 Å². The van der Waals surface area contributed by atoms with E-state index in [1.807, 2.05) is 18.2 Å². The van der Waals surface area contributed by atoms with Gasteiger partial charge in [-0.1, -0.05) is 30.3 Å². The molecule has 0 bridgehead atoms. The van der Waals surface area contributed by atoms with E-state index in [0.29, 0.717) is 19.5 Å². The van der Waals surface area contributed by atoms with Gasteiger partial charge in [0.2, 0.25) is 5.91 Å². The van der Waals surface area contributed by atoms with Gasteiger partial charge in [0, 0.05) is 32.6 Å². The van der Waals surface area contributed by atoms with Crippen LogP contribution < -0.4 is 5.32 Å². The summed E-state index contributed by atoms with van der Waals surface area (Å²) in [6.07, 6.45) is 0.333. The predicted molar refractivity (Wildman–Crippen MR) is 61.5 cm³/mol. The molecule has 1 aliphatic heterocycles. The molecule has 16 heavy (non-hydrogen) atoms. The average molecular weight is 222 g/mol. The van der Waals surface area contributed by atoms with Gasteiger partial charge in [0.15, 0.2) is 0 Å². The summed E-state index contributed by atoms with van der Waals surface area (Å²) in [5, 5.41) is 21.6. The lowest BCUT2D eigenvalue weighted by Crippen LogP contribution is -2.44. The maximum absolute atomic E-state index is 9.46. The molecule has 1 saturated heterocycles. The van der Waals surface area contributed by atoms with Crippen LogP contribution in [0.1, 0.15) is 12.0 Å². The van der Waals surface area contributed by atoms with Crippen molar-refractivity contribution in [2.75, 3.05) is 19.6 Å². The first-order chi connectivity index (χ1) is 7.66. The van der Waals surface area contributed by atoms with Crippen LogP contribution in [0.4, 0.5) is 0 Å². The number of hydrogen-bond donors (Lipinski definition) is 3. The van der Waals surface area contributed by atoms with Crippen LogP contribution in [0.15, 0.2) is 30.3 Å². The van der Waals surface area contributed by atoms with Crippen molar-refractivity contribution in [1.82, 2.24) is 10.2 Å². The Balaban J connectivity index is 1.92. The van der Waals surface area contributed by atoms with E-state index in [1.165, 1.54) is 5.56 Å². The summed E-state index contributed by atoms with van der Waals surface area (Å²) in [5.74, 6) is -1.70. The SMILES string of the molecule is OC1(O)CCN(Cc2ccccc2)CCN1. The smallest absolute Gasteiger partial charge is 0.223 e. The lowest BCUT2D eigenvalue weighted by molar-refractivity contribution is -0.185. The van der Waals surface area contributed by atoms with Crippen molar-refractivity contribution in [3.05, 3.63) is 35.9 Å². The fourth-order valence-electron chi connectivity index (χ4n) is 1.93. The van der Waals surface area contributed by atoms with Crippen LogP contribution >= 0.6 is 0 Å². The summed E-state index contributed by atoms with van der Waals surface area (Å²) < 4.78 is 0. The second kappa shape index (κ2) is 4.93. The highest BCUT2D eigenvalue weighted by Crippen LogP contribution is 2.10. The van der Waals surface area contributed by atoms with Crippen LogP contribution in [0.5, 0.6) is 0 Å². The Morgan fingerprint density at radius 3 is 2.69 bits per heavy atom. The number of nitrogens with zero attached hydrogens (tertiary/aromatic N) is 1. The maximum atomic E-state index is 9.46. The second-order valence-corrected chi connectivity index (χ2v) is 4.26. The van der Waals surface area contributed by atoms with Crippen LogP contribution in [0, 0.1) is 0 Å². The molecule has 0 aliphatic carbocycles. The summed E-state index contributed by atoms with van der Waals surface area (Å²) in [7, 11) is 0. The molecular formula is C12H18N2O2. The molecule has 1 aromatic rings. The molecule has 0 aromatic heterocycles. The summed E-state index contributed by atoms with van der Waals surface area (Å²) in [5.41, 5.74) is 1.26. The van der Waals surface area contributed by atoms with Gasteiger partial charge >= 0.3 is 0 Å². The molecule has 0 saturated carbocycles. The van der Waals surface area contributed by atoms with Crippen molar-refractivity contribution in [2.45, 2.75) is 18.9 Å². The molecule has 2 rings (SSSR count). The van der Waals surface area contributed by atoms with Gasteiger partial charge in [-0.05, 0) is 5.56 Å². The Bertz CT molecular complexity index is 327. The minimum Gasteiger partial charge on any atom is -0.353 e. The van der Waals surface area contributed by atoms with Crippen LogP contribution in [-0.2, 0) is 6.54 Å². The molecule has 0 radical (unpaired) electrons. The van der Waals surface area contributed by atoms with E-state index in [4.69, 9.17) is 0 Å². The van der Waals surface area contributed by atoms with E-state index >= 15 is 0 Å². The third kappa shape index (κ3) is 3.28. The minimum absolute atomic E-state index is 0.333. The zero-order chi connectivity index (χ0) is 11.4. The highest BCUT2D eigenvalue weighted by atomic mass is 16.5. The monoisotopic (exact) mass is 222 g/mol. The number of aliphatic hydroxyl groups is 2. The number of rotatable bonds is 2. The topological polar surface area (TPSA) is 55.7 Å². The van der Waals surface area contributed by atoms with Gasteiger partial charge in [0.05, 0.1) is 0 Å². The largest absolute Gasteiger partial charge is 0.353 e. The first-order valence-electron chi connectivity index (χ1n) is 5.62. The Hall–Kier alpha value is -0.940. The maximum Gasteiger partial charge on any atom is 0.223 e. The molecule has 4 heteroatoms. The van der Waals surface area contributed by atoms with Crippen LogP contribution in [0.2, 0.25) is 0 Å². The quantitative estimate of drug-likeness (QED) is 0.622. The molecule has 1 fully saturated rings. The third-order valence-electron chi connectivity index (χ3n) is 2.86. The highest BCUT2D eigenvalue weighted by Gasteiger charge is 2.26. The van der Waals surface area contributed by atoms with Crippen molar-refractivity contribution >= 4 is 0 Å². The highest BCUT2D eigenvalue weighted by molar-refractivity contribution is 5.14. The first-order valence-corrected chi connectivity index (χ1v) is 5.62. The molecule has 88 valence electrons. The van der Waals surface area contributed by atoms with Gasteiger partial charge in [-0.3, -0.25) is 10.2 Å². The molecule has 1 heterocycles. The standard InChI is InChI=1S/C12H18N2O2/c15-12(16)6-8-14(9-7-13-12)10-11-4-2-1-3-5-11/h1-5,13,15-16H,6-10H2. The normalized spacial score (nSPS) is 21.6. The molecule has 0 unspecified atom stereocenters. The van der Waals surface area contributed by atoms with E-state index in [1.54, 1.807) is 0 Å².